The highest BCUT2D eigenvalue weighted by Gasteiger charge is 2.20. The van der Waals surface area contributed by atoms with Crippen LogP contribution in [0.15, 0.2) is 30.3 Å². The van der Waals surface area contributed by atoms with Crippen LogP contribution in [0.2, 0.25) is 0 Å². The number of piperazine rings is 1. The third-order valence-electron chi connectivity index (χ3n) is 4.21. The van der Waals surface area contributed by atoms with Crippen molar-refractivity contribution in [1.82, 2.24) is 15.1 Å². The molecule has 0 bridgehead atoms. The highest BCUT2D eigenvalue weighted by molar-refractivity contribution is 5.78. The van der Waals surface area contributed by atoms with E-state index < -0.39 is 0 Å². The summed E-state index contributed by atoms with van der Waals surface area (Å²) in [5.41, 5.74) is 1.17. The number of benzene rings is 1. The fourth-order valence-corrected chi connectivity index (χ4v) is 2.75. The molecule has 1 heterocycles. The van der Waals surface area contributed by atoms with E-state index in [4.69, 9.17) is 5.11 Å². The number of rotatable bonds is 7. The van der Waals surface area contributed by atoms with Gasteiger partial charge in [0.1, 0.15) is 0 Å². The number of hydrogen-bond acceptors (Lipinski definition) is 4. The second-order valence-corrected chi connectivity index (χ2v) is 5.89. The summed E-state index contributed by atoms with van der Waals surface area (Å²) < 4.78 is 0. The van der Waals surface area contributed by atoms with Crippen LogP contribution in [0.25, 0.3) is 0 Å². The average Bonchev–Trinajstić information content (AvgIpc) is 2.56. The van der Waals surface area contributed by atoms with Crippen LogP contribution in [0, 0.1) is 0 Å². The first-order valence-electron chi connectivity index (χ1n) is 8.06. The zero-order chi connectivity index (χ0) is 15.8. The first-order valence-corrected chi connectivity index (χ1v) is 8.06. The van der Waals surface area contributed by atoms with E-state index in [0.717, 1.165) is 39.0 Å². The van der Waals surface area contributed by atoms with E-state index in [2.05, 4.69) is 29.4 Å². The van der Waals surface area contributed by atoms with Gasteiger partial charge in [0.25, 0.3) is 0 Å². The van der Waals surface area contributed by atoms with Crippen LogP contribution in [-0.2, 0) is 4.79 Å². The van der Waals surface area contributed by atoms with Gasteiger partial charge < -0.3 is 20.2 Å². The van der Waals surface area contributed by atoms with E-state index in [1.807, 2.05) is 23.1 Å². The van der Waals surface area contributed by atoms with Crippen LogP contribution >= 0.6 is 0 Å². The van der Waals surface area contributed by atoms with Gasteiger partial charge in [0.2, 0.25) is 5.91 Å². The van der Waals surface area contributed by atoms with Crippen molar-refractivity contribution < 1.29 is 9.90 Å². The molecule has 1 fully saturated rings. The largest absolute Gasteiger partial charge is 0.396 e. The molecule has 1 atom stereocenters. The highest BCUT2D eigenvalue weighted by Crippen LogP contribution is 2.17. The Balaban J connectivity index is 1.86. The second kappa shape index (κ2) is 8.88. The summed E-state index contributed by atoms with van der Waals surface area (Å²) in [6, 6.07) is 10.2. The molecule has 0 aliphatic carbocycles. The number of nitrogens with zero attached hydrogens (tertiary/aromatic N) is 2. The van der Waals surface area contributed by atoms with Crippen molar-refractivity contribution in [3.63, 3.8) is 0 Å². The summed E-state index contributed by atoms with van der Waals surface area (Å²) in [6.45, 7) is 4.04. The maximum atomic E-state index is 12.3. The summed E-state index contributed by atoms with van der Waals surface area (Å²) in [4.78, 5) is 16.5. The topological polar surface area (TPSA) is 55.8 Å². The lowest BCUT2D eigenvalue weighted by atomic mass is 10.0. The lowest BCUT2D eigenvalue weighted by Crippen LogP contribution is -2.49. The van der Waals surface area contributed by atoms with Gasteiger partial charge in [0, 0.05) is 38.8 Å². The van der Waals surface area contributed by atoms with Crippen molar-refractivity contribution >= 4 is 5.91 Å². The number of carbonyl (C=O) groups is 1. The van der Waals surface area contributed by atoms with E-state index in [-0.39, 0.29) is 18.6 Å². The maximum Gasteiger partial charge on any atom is 0.236 e. The van der Waals surface area contributed by atoms with Crippen molar-refractivity contribution in [2.45, 2.75) is 18.9 Å². The molecular formula is C17H27N3O2. The maximum absolute atomic E-state index is 12.3. The number of hydrogen-bond donors (Lipinski definition) is 2. The predicted molar refractivity (Wildman–Crippen MR) is 87.6 cm³/mol. The Morgan fingerprint density at radius 1 is 1.23 bits per heavy atom. The van der Waals surface area contributed by atoms with Crippen LogP contribution < -0.4 is 5.32 Å². The molecule has 0 saturated carbocycles. The molecule has 2 rings (SSSR count). The van der Waals surface area contributed by atoms with Gasteiger partial charge in [-0.15, -0.1) is 0 Å². The third kappa shape index (κ3) is 5.09. The van der Waals surface area contributed by atoms with Crippen molar-refractivity contribution in [1.29, 1.82) is 0 Å². The molecule has 1 unspecified atom stereocenters. The van der Waals surface area contributed by atoms with Gasteiger partial charge in [0.05, 0.1) is 6.54 Å². The van der Waals surface area contributed by atoms with Crippen molar-refractivity contribution in [3.8, 4) is 0 Å². The van der Waals surface area contributed by atoms with Gasteiger partial charge in [-0.05, 0) is 25.5 Å². The quantitative estimate of drug-likeness (QED) is 0.785. The molecule has 0 spiro atoms. The first kappa shape index (κ1) is 16.9. The third-order valence-corrected chi connectivity index (χ3v) is 4.21. The summed E-state index contributed by atoms with van der Waals surface area (Å²) >= 11 is 0. The number of amides is 1. The number of carbonyl (C=O) groups excluding carboxylic acids is 1. The fraction of sp³-hybridized carbons (Fsp3) is 0.588. The van der Waals surface area contributed by atoms with Gasteiger partial charge in [-0.2, -0.15) is 0 Å². The number of aliphatic hydroxyl groups excluding tert-OH is 1. The Labute approximate surface area is 132 Å². The predicted octanol–water partition coefficient (Wildman–Crippen LogP) is 0.864. The number of nitrogens with one attached hydrogen (secondary N) is 1. The molecule has 5 nitrogen and oxygen atoms in total. The standard InChI is InChI=1S/C17H27N3O2/c1-19-9-11-20(12-10-19)17(22)14-18-16(8-5-13-21)15-6-3-2-4-7-15/h2-4,6-7,16,18,21H,5,8-14H2,1H3. The van der Waals surface area contributed by atoms with Crippen LogP contribution in [0.1, 0.15) is 24.4 Å². The van der Waals surface area contributed by atoms with Gasteiger partial charge in [0.15, 0.2) is 0 Å². The SMILES string of the molecule is CN1CCN(C(=O)CNC(CCCO)c2ccccc2)CC1. The van der Waals surface area contributed by atoms with Crippen LogP contribution in [0.3, 0.4) is 0 Å². The second-order valence-electron chi connectivity index (χ2n) is 5.89. The lowest BCUT2D eigenvalue weighted by Gasteiger charge is -2.33. The van der Waals surface area contributed by atoms with E-state index >= 15 is 0 Å². The summed E-state index contributed by atoms with van der Waals surface area (Å²) in [6.07, 6.45) is 1.56. The average molecular weight is 305 g/mol. The molecule has 0 radical (unpaired) electrons. The summed E-state index contributed by atoms with van der Waals surface area (Å²) in [5.74, 6) is 0.165. The number of aliphatic hydroxyl groups is 1. The Bertz CT molecular complexity index is 444. The normalized spacial score (nSPS) is 17.5. The molecule has 122 valence electrons. The molecule has 2 N–H and O–H groups in total. The molecule has 1 aromatic carbocycles. The molecule has 1 aliphatic rings. The van der Waals surface area contributed by atoms with Gasteiger partial charge in [-0.25, -0.2) is 0 Å². The molecule has 5 heteroatoms. The molecule has 22 heavy (non-hydrogen) atoms. The molecule has 0 aromatic heterocycles. The minimum absolute atomic E-state index is 0.116. The zero-order valence-corrected chi connectivity index (χ0v) is 13.4. The molecule has 1 saturated heterocycles. The Kier molecular flexibility index (Phi) is 6.83. The Hall–Kier alpha value is -1.43. The van der Waals surface area contributed by atoms with Gasteiger partial charge in [-0.3, -0.25) is 4.79 Å². The zero-order valence-electron chi connectivity index (χ0n) is 13.4. The van der Waals surface area contributed by atoms with Gasteiger partial charge >= 0.3 is 0 Å². The minimum Gasteiger partial charge on any atom is -0.396 e. The molecule has 1 amide bonds. The number of likely N-dealkylation sites (N-methyl/N-ethyl adjacent to an activating group) is 1. The van der Waals surface area contributed by atoms with E-state index in [1.165, 1.54) is 5.56 Å². The van der Waals surface area contributed by atoms with Crippen molar-refractivity contribution in [2.24, 2.45) is 0 Å². The smallest absolute Gasteiger partial charge is 0.236 e. The summed E-state index contributed by atoms with van der Waals surface area (Å²) in [5, 5.41) is 12.4. The Morgan fingerprint density at radius 3 is 2.55 bits per heavy atom. The van der Waals surface area contributed by atoms with E-state index in [1.54, 1.807) is 0 Å². The van der Waals surface area contributed by atoms with Crippen molar-refractivity contribution in [3.05, 3.63) is 35.9 Å². The molecule has 1 aliphatic heterocycles. The fourth-order valence-electron chi connectivity index (χ4n) is 2.75. The highest BCUT2D eigenvalue weighted by atomic mass is 16.3. The van der Waals surface area contributed by atoms with E-state index in [9.17, 15) is 4.79 Å². The first-order chi connectivity index (χ1) is 10.7. The van der Waals surface area contributed by atoms with Crippen LogP contribution in [0.4, 0.5) is 0 Å². The summed E-state index contributed by atoms with van der Waals surface area (Å²) in [7, 11) is 2.08. The van der Waals surface area contributed by atoms with Crippen LogP contribution in [0.5, 0.6) is 0 Å². The monoisotopic (exact) mass is 305 g/mol. The van der Waals surface area contributed by atoms with Gasteiger partial charge in [-0.1, -0.05) is 30.3 Å². The lowest BCUT2D eigenvalue weighted by molar-refractivity contribution is -0.131. The van der Waals surface area contributed by atoms with Crippen molar-refractivity contribution in [2.75, 3.05) is 46.4 Å². The van der Waals surface area contributed by atoms with Crippen LogP contribution in [-0.4, -0.2) is 67.2 Å². The molecule has 1 aromatic rings. The minimum atomic E-state index is 0.116. The Morgan fingerprint density at radius 2 is 1.91 bits per heavy atom. The molecular weight excluding hydrogens is 278 g/mol. The van der Waals surface area contributed by atoms with E-state index in [0.29, 0.717) is 6.54 Å².